The molecule has 4 rings (SSSR count). The molecule has 0 aliphatic carbocycles. The van der Waals surface area contributed by atoms with Crippen LogP contribution in [-0.4, -0.2) is 75.8 Å². The van der Waals surface area contributed by atoms with E-state index in [1.165, 1.54) is 6.33 Å². The molecule has 1 fully saturated rings. The number of likely N-dealkylation sites (tertiary alicyclic amines) is 1. The third kappa shape index (κ3) is 3.86. The predicted molar refractivity (Wildman–Crippen MR) is 133 cm³/mol. The van der Waals surface area contributed by atoms with Crippen LogP contribution in [0.25, 0.3) is 11.0 Å². The number of halogens is 1. The third-order valence-corrected chi connectivity index (χ3v) is 7.32. The summed E-state index contributed by atoms with van der Waals surface area (Å²) in [5, 5.41) is 6.15. The van der Waals surface area contributed by atoms with Gasteiger partial charge in [0, 0.05) is 49.3 Å². The first-order valence-electron chi connectivity index (χ1n) is 11.3. The Morgan fingerprint density at radius 1 is 1.26 bits per heavy atom. The lowest BCUT2D eigenvalue weighted by atomic mass is 9.84. The number of methoxy groups -OCH3 is 1. The molecule has 0 bridgehead atoms. The van der Waals surface area contributed by atoms with Crippen LogP contribution in [0.1, 0.15) is 48.2 Å². The molecule has 3 aromatic rings. The zero-order valence-corrected chi connectivity index (χ0v) is 21.5. The Morgan fingerprint density at radius 2 is 1.94 bits per heavy atom. The molecule has 1 aliphatic heterocycles. The van der Waals surface area contributed by atoms with Crippen molar-refractivity contribution in [1.29, 1.82) is 0 Å². The maximum absolute atomic E-state index is 12.4. The molecule has 10 heteroatoms. The number of hydrogen-bond donors (Lipinski definition) is 1. The van der Waals surface area contributed by atoms with Gasteiger partial charge in [-0.2, -0.15) is 5.10 Å². The number of fused-ring (bicyclic) bond motifs is 1. The van der Waals surface area contributed by atoms with Gasteiger partial charge < -0.3 is 15.4 Å². The van der Waals surface area contributed by atoms with Gasteiger partial charge in [0.05, 0.1) is 30.3 Å². The van der Waals surface area contributed by atoms with Crippen LogP contribution >= 0.6 is 11.6 Å². The summed E-state index contributed by atoms with van der Waals surface area (Å²) in [5.41, 5.74) is 10.5. The van der Waals surface area contributed by atoms with Gasteiger partial charge in [0.25, 0.3) is 0 Å². The first-order valence-corrected chi connectivity index (χ1v) is 11.7. The summed E-state index contributed by atoms with van der Waals surface area (Å²) in [6, 6.07) is 1.58. The number of nitrogens with two attached hydrogens (primary N) is 1. The van der Waals surface area contributed by atoms with Gasteiger partial charge in [0.1, 0.15) is 17.9 Å². The van der Waals surface area contributed by atoms with Crippen LogP contribution in [-0.2, 0) is 4.79 Å². The SMILES string of the molecule is COc1c(C(C)n2nc(C)c3c(N)ncnc32)cc(Cl)c(C)c1C1CN(C(C)C(=O)N(C)C)C1. The van der Waals surface area contributed by atoms with Gasteiger partial charge in [-0.15, -0.1) is 0 Å². The summed E-state index contributed by atoms with van der Waals surface area (Å²) in [5.74, 6) is 1.52. The number of carbonyl (C=O) groups excluding carboxylic acids is 1. The van der Waals surface area contributed by atoms with Crippen molar-refractivity contribution in [2.75, 3.05) is 40.0 Å². The van der Waals surface area contributed by atoms with Gasteiger partial charge in [-0.3, -0.25) is 9.69 Å². The lowest BCUT2D eigenvalue weighted by Crippen LogP contribution is -2.54. The largest absolute Gasteiger partial charge is 0.496 e. The van der Waals surface area contributed by atoms with Gasteiger partial charge in [-0.1, -0.05) is 11.6 Å². The molecule has 3 heterocycles. The molecular formula is C24H32ClN7O2. The average molecular weight is 486 g/mol. The Kier molecular flexibility index (Phi) is 6.44. The maximum Gasteiger partial charge on any atom is 0.239 e. The van der Waals surface area contributed by atoms with Gasteiger partial charge in [-0.05, 0) is 39.3 Å². The number of amides is 1. The van der Waals surface area contributed by atoms with E-state index in [1.54, 1.807) is 26.1 Å². The molecular weight excluding hydrogens is 454 g/mol. The zero-order valence-electron chi connectivity index (χ0n) is 20.8. The number of anilines is 1. The molecule has 2 N–H and O–H groups in total. The van der Waals surface area contributed by atoms with Crippen molar-refractivity contribution in [3.05, 3.63) is 39.8 Å². The number of hydrogen-bond acceptors (Lipinski definition) is 7. The summed E-state index contributed by atoms with van der Waals surface area (Å²) in [6.45, 7) is 9.44. The molecule has 2 unspecified atom stereocenters. The van der Waals surface area contributed by atoms with Crippen LogP contribution in [0.4, 0.5) is 5.82 Å². The van der Waals surface area contributed by atoms with Crippen molar-refractivity contribution in [2.24, 2.45) is 0 Å². The lowest BCUT2D eigenvalue weighted by molar-refractivity contribution is -0.135. The van der Waals surface area contributed by atoms with Crippen molar-refractivity contribution in [1.82, 2.24) is 29.5 Å². The van der Waals surface area contributed by atoms with Crippen molar-refractivity contribution < 1.29 is 9.53 Å². The summed E-state index contributed by atoms with van der Waals surface area (Å²) in [7, 11) is 5.25. The van der Waals surface area contributed by atoms with Crippen LogP contribution in [0.15, 0.2) is 12.4 Å². The van der Waals surface area contributed by atoms with E-state index >= 15 is 0 Å². The Bertz CT molecular complexity index is 1250. The van der Waals surface area contributed by atoms with E-state index in [9.17, 15) is 4.79 Å². The monoisotopic (exact) mass is 485 g/mol. The maximum atomic E-state index is 12.4. The number of rotatable bonds is 6. The van der Waals surface area contributed by atoms with E-state index in [0.29, 0.717) is 16.5 Å². The van der Waals surface area contributed by atoms with Crippen LogP contribution in [0.3, 0.4) is 0 Å². The van der Waals surface area contributed by atoms with E-state index in [4.69, 9.17) is 27.2 Å². The number of aromatic nitrogens is 4. The molecule has 34 heavy (non-hydrogen) atoms. The first kappa shape index (κ1) is 24.2. The number of nitrogens with zero attached hydrogens (tertiary/aromatic N) is 6. The Balaban J connectivity index is 1.73. The van der Waals surface area contributed by atoms with Gasteiger partial charge in [0.2, 0.25) is 5.91 Å². The summed E-state index contributed by atoms with van der Waals surface area (Å²) in [6.07, 6.45) is 1.45. The highest BCUT2D eigenvalue weighted by molar-refractivity contribution is 6.31. The summed E-state index contributed by atoms with van der Waals surface area (Å²) >= 11 is 6.74. The van der Waals surface area contributed by atoms with E-state index in [2.05, 4.69) is 14.9 Å². The minimum absolute atomic E-state index is 0.102. The molecule has 0 radical (unpaired) electrons. The summed E-state index contributed by atoms with van der Waals surface area (Å²) < 4.78 is 7.83. The van der Waals surface area contributed by atoms with Crippen LogP contribution in [0.5, 0.6) is 5.75 Å². The van der Waals surface area contributed by atoms with Gasteiger partial charge in [0.15, 0.2) is 5.65 Å². The molecule has 2 aromatic heterocycles. The zero-order chi connectivity index (χ0) is 24.9. The van der Waals surface area contributed by atoms with Gasteiger partial charge in [-0.25, -0.2) is 14.6 Å². The molecule has 0 saturated carbocycles. The molecule has 1 aliphatic rings. The smallest absolute Gasteiger partial charge is 0.239 e. The summed E-state index contributed by atoms with van der Waals surface area (Å²) in [4.78, 5) is 24.8. The van der Waals surface area contributed by atoms with Crippen molar-refractivity contribution in [3.8, 4) is 5.75 Å². The normalized spacial score (nSPS) is 16.4. The van der Waals surface area contributed by atoms with Crippen LogP contribution in [0.2, 0.25) is 5.02 Å². The number of nitrogen functional groups attached to an aromatic ring is 1. The second-order valence-corrected chi connectivity index (χ2v) is 9.65. The Hall–Kier alpha value is -2.91. The second-order valence-electron chi connectivity index (χ2n) is 9.24. The Morgan fingerprint density at radius 3 is 2.56 bits per heavy atom. The highest BCUT2D eigenvalue weighted by Crippen LogP contribution is 2.44. The molecule has 0 spiro atoms. The number of carbonyl (C=O) groups is 1. The topological polar surface area (TPSA) is 102 Å². The second kappa shape index (κ2) is 9.03. The van der Waals surface area contributed by atoms with E-state index in [-0.39, 0.29) is 23.9 Å². The molecule has 9 nitrogen and oxygen atoms in total. The van der Waals surface area contributed by atoms with E-state index in [1.807, 2.05) is 38.4 Å². The van der Waals surface area contributed by atoms with Crippen LogP contribution < -0.4 is 10.5 Å². The Labute approximate surface area is 204 Å². The number of aryl methyl sites for hydroxylation is 1. The third-order valence-electron chi connectivity index (χ3n) is 6.93. The molecule has 2 atom stereocenters. The van der Waals surface area contributed by atoms with Crippen molar-refractivity contribution in [2.45, 2.75) is 45.7 Å². The highest BCUT2D eigenvalue weighted by atomic mass is 35.5. The number of likely N-dealkylation sites (N-methyl/N-ethyl adjacent to an activating group) is 1. The molecule has 1 saturated heterocycles. The first-order chi connectivity index (χ1) is 16.1. The molecule has 1 amide bonds. The highest BCUT2D eigenvalue weighted by Gasteiger charge is 2.38. The standard InChI is InChI=1S/C24H32ClN7O2/c1-12-18(25)8-17(14(3)32-23-20(13(2)29-32)22(26)27-11-28-23)21(34-7)19(12)16-9-31(10-16)15(4)24(33)30(5)6/h8,11,14-16H,9-10H2,1-7H3,(H2,26,27,28). The van der Waals surface area contributed by atoms with Crippen molar-refractivity contribution >= 4 is 34.4 Å². The number of benzene rings is 1. The predicted octanol–water partition coefficient (Wildman–Crippen LogP) is 3.17. The minimum Gasteiger partial charge on any atom is -0.496 e. The lowest BCUT2D eigenvalue weighted by Gasteiger charge is -2.44. The molecule has 1 aromatic carbocycles. The fourth-order valence-corrected chi connectivity index (χ4v) is 5.13. The fraction of sp³-hybridized carbons (Fsp3) is 0.500. The number of ether oxygens (including phenoxy) is 1. The van der Waals surface area contributed by atoms with E-state index in [0.717, 1.165) is 46.6 Å². The molecule has 182 valence electrons. The fourth-order valence-electron chi connectivity index (χ4n) is 4.91. The average Bonchev–Trinajstić information content (AvgIpc) is 3.11. The van der Waals surface area contributed by atoms with Gasteiger partial charge >= 0.3 is 0 Å². The van der Waals surface area contributed by atoms with Crippen LogP contribution in [0, 0.1) is 13.8 Å². The van der Waals surface area contributed by atoms with Crippen molar-refractivity contribution in [3.63, 3.8) is 0 Å². The minimum atomic E-state index is -0.206. The van der Waals surface area contributed by atoms with E-state index < -0.39 is 0 Å². The quantitative estimate of drug-likeness (QED) is 0.572.